The van der Waals surface area contributed by atoms with Crippen LogP contribution in [0.1, 0.15) is 6.92 Å². The Labute approximate surface area is 138 Å². The Bertz CT molecular complexity index is 631. The van der Waals surface area contributed by atoms with Crippen LogP contribution in [0, 0.1) is 5.82 Å². The number of amides is 1. The molecule has 1 amide bonds. The molecule has 0 saturated heterocycles. The van der Waals surface area contributed by atoms with Crippen molar-refractivity contribution in [2.24, 2.45) is 0 Å². The average Bonchev–Trinajstić information content (AvgIpc) is 2.53. The van der Waals surface area contributed by atoms with Crippen LogP contribution < -0.4 is 10.1 Å². The SMILES string of the molecule is CC(=O)Nc1ccc(SC[C@H](O)COc2ccc(F)cc2)cc1. The van der Waals surface area contributed by atoms with E-state index >= 15 is 0 Å². The molecule has 0 aliphatic rings. The minimum atomic E-state index is -0.639. The first kappa shape index (κ1) is 17.3. The Kier molecular flexibility index (Phi) is 6.43. The van der Waals surface area contributed by atoms with Gasteiger partial charge in [0.15, 0.2) is 0 Å². The van der Waals surface area contributed by atoms with Crippen molar-refractivity contribution >= 4 is 23.4 Å². The summed E-state index contributed by atoms with van der Waals surface area (Å²) < 4.78 is 18.2. The fourth-order valence-electron chi connectivity index (χ4n) is 1.80. The molecule has 6 heteroatoms. The highest BCUT2D eigenvalue weighted by atomic mass is 32.2. The van der Waals surface area contributed by atoms with Crippen molar-refractivity contribution < 1.29 is 19.0 Å². The number of aliphatic hydroxyl groups excluding tert-OH is 1. The highest BCUT2D eigenvalue weighted by molar-refractivity contribution is 7.99. The van der Waals surface area contributed by atoms with Crippen LogP contribution in [0.2, 0.25) is 0 Å². The van der Waals surface area contributed by atoms with Crippen molar-refractivity contribution in [2.45, 2.75) is 17.9 Å². The molecule has 2 aromatic rings. The van der Waals surface area contributed by atoms with Crippen molar-refractivity contribution in [1.29, 1.82) is 0 Å². The van der Waals surface area contributed by atoms with Crippen molar-refractivity contribution in [1.82, 2.24) is 0 Å². The summed E-state index contributed by atoms with van der Waals surface area (Å²) in [5.41, 5.74) is 0.738. The molecular weight excluding hydrogens is 317 g/mol. The lowest BCUT2D eigenvalue weighted by atomic mass is 10.3. The number of ether oxygens (including phenoxy) is 1. The fraction of sp³-hybridized carbons (Fsp3) is 0.235. The predicted octanol–water partition coefficient (Wildman–Crippen LogP) is 3.32. The Balaban J connectivity index is 1.74. The van der Waals surface area contributed by atoms with Gasteiger partial charge in [0.2, 0.25) is 5.91 Å². The Morgan fingerprint density at radius 1 is 1.22 bits per heavy atom. The van der Waals surface area contributed by atoms with Gasteiger partial charge >= 0.3 is 0 Å². The maximum atomic E-state index is 12.8. The molecule has 0 aliphatic heterocycles. The van der Waals surface area contributed by atoms with Crippen LogP contribution in [0.3, 0.4) is 0 Å². The zero-order chi connectivity index (χ0) is 16.7. The maximum Gasteiger partial charge on any atom is 0.221 e. The van der Waals surface area contributed by atoms with Gasteiger partial charge in [-0.1, -0.05) is 0 Å². The number of benzene rings is 2. The molecule has 2 N–H and O–H groups in total. The van der Waals surface area contributed by atoms with Crippen LogP contribution in [0.5, 0.6) is 5.75 Å². The summed E-state index contributed by atoms with van der Waals surface area (Å²) in [5.74, 6) is 0.561. The van der Waals surface area contributed by atoms with Crippen LogP contribution in [0.25, 0.3) is 0 Å². The van der Waals surface area contributed by atoms with Crippen molar-refractivity contribution in [3.63, 3.8) is 0 Å². The van der Waals surface area contributed by atoms with Gasteiger partial charge in [-0.25, -0.2) is 4.39 Å². The summed E-state index contributed by atoms with van der Waals surface area (Å²) in [5, 5.41) is 12.6. The zero-order valence-corrected chi connectivity index (χ0v) is 13.5. The summed E-state index contributed by atoms with van der Waals surface area (Å²) in [6, 6.07) is 13.1. The fourth-order valence-corrected chi connectivity index (χ4v) is 2.61. The summed E-state index contributed by atoms with van der Waals surface area (Å²) in [6.45, 7) is 1.60. The molecule has 122 valence electrons. The van der Waals surface area contributed by atoms with E-state index in [0.29, 0.717) is 11.5 Å². The zero-order valence-electron chi connectivity index (χ0n) is 12.7. The van der Waals surface area contributed by atoms with Crippen molar-refractivity contribution in [2.75, 3.05) is 17.7 Å². The average molecular weight is 335 g/mol. The second-order valence-electron chi connectivity index (χ2n) is 4.94. The molecule has 0 fully saturated rings. The number of rotatable bonds is 7. The topological polar surface area (TPSA) is 58.6 Å². The van der Waals surface area contributed by atoms with Gasteiger partial charge < -0.3 is 15.2 Å². The lowest BCUT2D eigenvalue weighted by molar-refractivity contribution is -0.114. The quantitative estimate of drug-likeness (QED) is 0.762. The first-order valence-corrected chi connectivity index (χ1v) is 8.08. The number of aliphatic hydroxyl groups is 1. The number of carbonyl (C=O) groups excluding carboxylic acids is 1. The van der Waals surface area contributed by atoms with E-state index in [1.54, 1.807) is 0 Å². The molecule has 0 spiro atoms. The third-order valence-corrected chi connectivity index (χ3v) is 4.03. The summed E-state index contributed by atoms with van der Waals surface area (Å²) >= 11 is 1.49. The monoisotopic (exact) mass is 335 g/mol. The van der Waals surface area contributed by atoms with E-state index in [1.165, 1.54) is 43.0 Å². The molecule has 2 aromatic carbocycles. The minimum absolute atomic E-state index is 0.112. The lowest BCUT2D eigenvalue weighted by Crippen LogP contribution is -2.20. The molecule has 0 heterocycles. The molecule has 0 bridgehead atoms. The number of hydrogen-bond acceptors (Lipinski definition) is 4. The number of anilines is 1. The van der Waals surface area contributed by atoms with E-state index in [0.717, 1.165) is 10.6 Å². The molecule has 2 rings (SSSR count). The predicted molar refractivity (Wildman–Crippen MR) is 89.4 cm³/mol. The largest absolute Gasteiger partial charge is 0.491 e. The van der Waals surface area contributed by atoms with Crippen LogP contribution in [-0.2, 0) is 4.79 Å². The Morgan fingerprint density at radius 3 is 2.48 bits per heavy atom. The molecule has 0 aliphatic carbocycles. The number of nitrogens with one attached hydrogen (secondary N) is 1. The molecule has 1 atom stereocenters. The van der Waals surface area contributed by atoms with Gasteiger partial charge in [0.25, 0.3) is 0 Å². The van der Waals surface area contributed by atoms with Gasteiger partial charge in [-0.05, 0) is 48.5 Å². The van der Waals surface area contributed by atoms with E-state index in [4.69, 9.17) is 4.74 Å². The molecule has 0 aromatic heterocycles. The number of halogens is 1. The Morgan fingerprint density at radius 2 is 1.87 bits per heavy atom. The van der Waals surface area contributed by atoms with Gasteiger partial charge in [0, 0.05) is 23.3 Å². The normalized spacial score (nSPS) is 11.8. The van der Waals surface area contributed by atoms with Crippen molar-refractivity contribution in [3.8, 4) is 5.75 Å². The van der Waals surface area contributed by atoms with E-state index < -0.39 is 6.10 Å². The second-order valence-corrected chi connectivity index (χ2v) is 6.03. The highest BCUT2D eigenvalue weighted by Crippen LogP contribution is 2.21. The molecule has 0 radical (unpaired) electrons. The summed E-state index contributed by atoms with van der Waals surface area (Å²) in [6.07, 6.45) is -0.639. The van der Waals surface area contributed by atoms with E-state index in [1.807, 2.05) is 24.3 Å². The van der Waals surface area contributed by atoms with Crippen LogP contribution in [0.15, 0.2) is 53.4 Å². The number of thioether (sulfide) groups is 1. The first-order chi connectivity index (χ1) is 11.0. The Hall–Kier alpha value is -2.05. The number of carbonyl (C=O) groups is 1. The third-order valence-electron chi connectivity index (χ3n) is 2.87. The third kappa shape index (κ3) is 6.30. The minimum Gasteiger partial charge on any atom is -0.491 e. The highest BCUT2D eigenvalue weighted by Gasteiger charge is 2.07. The van der Waals surface area contributed by atoms with Crippen LogP contribution in [0.4, 0.5) is 10.1 Å². The van der Waals surface area contributed by atoms with E-state index in [9.17, 15) is 14.3 Å². The number of hydrogen-bond donors (Lipinski definition) is 2. The standard InChI is InChI=1S/C17H18FNO3S/c1-12(20)19-14-4-8-17(9-5-14)23-11-15(21)10-22-16-6-2-13(18)3-7-16/h2-9,15,21H,10-11H2,1H3,(H,19,20)/t15-/m1/s1. The van der Waals surface area contributed by atoms with Gasteiger partial charge in [-0.2, -0.15) is 0 Å². The summed E-state index contributed by atoms with van der Waals surface area (Å²) in [4.78, 5) is 11.9. The van der Waals surface area contributed by atoms with Crippen LogP contribution >= 0.6 is 11.8 Å². The maximum absolute atomic E-state index is 12.8. The smallest absolute Gasteiger partial charge is 0.221 e. The molecule has 4 nitrogen and oxygen atoms in total. The summed E-state index contributed by atoms with van der Waals surface area (Å²) in [7, 11) is 0. The van der Waals surface area contributed by atoms with Gasteiger partial charge in [0.05, 0.1) is 6.10 Å². The molecule has 23 heavy (non-hydrogen) atoms. The van der Waals surface area contributed by atoms with Crippen LogP contribution in [-0.4, -0.2) is 29.5 Å². The van der Waals surface area contributed by atoms with E-state index in [-0.39, 0.29) is 18.3 Å². The molecule has 0 unspecified atom stereocenters. The molecule has 0 saturated carbocycles. The molecular formula is C17H18FNO3S. The van der Waals surface area contributed by atoms with Crippen molar-refractivity contribution in [3.05, 3.63) is 54.3 Å². The first-order valence-electron chi connectivity index (χ1n) is 7.10. The van der Waals surface area contributed by atoms with Gasteiger partial charge in [-0.3, -0.25) is 4.79 Å². The van der Waals surface area contributed by atoms with Gasteiger partial charge in [-0.15, -0.1) is 11.8 Å². The van der Waals surface area contributed by atoms with Gasteiger partial charge in [0.1, 0.15) is 18.2 Å². The van der Waals surface area contributed by atoms with E-state index in [2.05, 4.69) is 5.32 Å². The lowest BCUT2D eigenvalue weighted by Gasteiger charge is -2.12. The second kappa shape index (κ2) is 8.55.